The number of anilines is 1. The molecule has 0 radical (unpaired) electrons. The fraction of sp³-hybridized carbons (Fsp3) is 0.235. The number of benzene rings is 2. The van der Waals surface area contributed by atoms with Gasteiger partial charge < -0.3 is 11.1 Å². The number of para-hydroxylation sites is 1. The number of hydrogen-bond acceptors (Lipinski definition) is 2. The smallest absolute Gasteiger partial charge is 0.0967 e. The first-order chi connectivity index (χ1) is 9.75. The molecule has 0 saturated heterocycles. The molecule has 0 amide bonds. The highest BCUT2D eigenvalue weighted by Crippen LogP contribution is 2.09. The first-order valence-electron chi connectivity index (χ1n) is 6.91. The van der Waals surface area contributed by atoms with Crippen molar-refractivity contribution in [1.82, 2.24) is 0 Å². The lowest BCUT2D eigenvalue weighted by Gasteiger charge is -2.15. The molecule has 3 heteroatoms. The second-order valence-corrected chi connectivity index (χ2v) is 5.28. The fourth-order valence-electron chi connectivity index (χ4n) is 2.06. The van der Waals surface area contributed by atoms with Gasteiger partial charge in [-0.3, -0.25) is 0 Å². The predicted octanol–water partition coefficient (Wildman–Crippen LogP) is 3.78. The predicted molar refractivity (Wildman–Crippen MR) is 90.0 cm³/mol. The molecule has 1 unspecified atom stereocenters. The monoisotopic (exact) mass is 284 g/mol. The van der Waals surface area contributed by atoms with E-state index in [0.29, 0.717) is 4.99 Å². The standard InChI is InChI=1S/C17H20N2S/c18-16(13-7-10-14-8-3-1-4-9-14)17(20)19-15-11-5-2-6-12-15/h1-6,8-9,11-12,16H,7,10,13,18H2,(H,19,20). The van der Waals surface area contributed by atoms with Crippen molar-refractivity contribution in [1.29, 1.82) is 0 Å². The van der Waals surface area contributed by atoms with Crippen LogP contribution in [-0.2, 0) is 6.42 Å². The van der Waals surface area contributed by atoms with Gasteiger partial charge in [0.1, 0.15) is 0 Å². The number of hydrogen-bond donors (Lipinski definition) is 2. The van der Waals surface area contributed by atoms with Crippen LogP contribution in [0.2, 0.25) is 0 Å². The third kappa shape index (κ3) is 4.76. The van der Waals surface area contributed by atoms with Gasteiger partial charge in [-0.25, -0.2) is 0 Å². The van der Waals surface area contributed by atoms with Crippen LogP contribution in [0.3, 0.4) is 0 Å². The first kappa shape index (κ1) is 14.7. The summed E-state index contributed by atoms with van der Waals surface area (Å²) < 4.78 is 0. The van der Waals surface area contributed by atoms with E-state index in [1.54, 1.807) is 0 Å². The SMILES string of the molecule is NC(CCCc1ccccc1)C(=S)Nc1ccccc1. The van der Waals surface area contributed by atoms with E-state index in [2.05, 4.69) is 29.6 Å². The molecule has 2 aromatic rings. The van der Waals surface area contributed by atoms with Crippen molar-refractivity contribution >= 4 is 22.9 Å². The van der Waals surface area contributed by atoms with Gasteiger partial charge in [0.2, 0.25) is 0 Å². The molecule has 104 valence electrons. The quantitative estimate of drug-likeness (QED) is 0.793. The van der Waals surface area contributed by atoms with Gasteiger partial charge >= 0.3 is 0 Å². The summed E-state index contributed by atoms with van der Waals surface area (Å²) in [4.78, 5) is 0.712. The van der Waals surface area contributed by atoms with Gasteiger partial charge in [-0.05, 0) is 37.0 Å². The molecular formula is C17H20N2S. The molecule has 20 heavy (non-hydrogen) atoms. The van der Waals surface area contributed by atoms with Crippen molar-refractivity contribution in [3.63, 3.8) is 0 Å². The summed E-state index contributed by atoms with van der Waals surface area (Å²) in [6.45, 7) is 0. The van der Waals surface area contributed by atoms with Gasteiger partial charge in [-0.15, -0.1) is 0 Å². The highest BCUT2D eigenvalue weighted by molar-refractivity contribution is 7.80. The molecule has 0 heterocycles. The van der Waals surface area contributed by atoms with Crippen molar-refractivity contribution in [2.75, 3.05) is 5.32 Å². The third-order valence-electron chi connectivity index (χ3n) is 3.20. The third-order valence-corrected chi connectivity index (χ3v) is 3.61. The summed E-state index contributed by atoms with van der Waals surface area (Å²) in [5, 5.41) is 3.20. The molecule has 2 nitrogen and oxygen atoms in total. The Morgan fingerprint density at radius 1 is 1.00 bits per heavy atom. The normalized spacial score (nSPS) is 11.8. The maximum absolute atomic E-state index is 6.13. The van der Waals surface area contributed by atoms with Gasteiger partial charge in [0, 0.05) is 5.69 Å². The van der Waals surface area contributed by atoms with Crippen molar-refractivity contribution in [3.05, 3.63) is 66.2 Å². The largest absolute Gasteiger partial charge is 0.349 e. The molecule has 0 aliphatic heterocycles. The van der Waals surface area contributed by atoms with E-state index in [0.717, 1.165) is 24.9 Å². The van der Waals surface area contributed by atoms with Crippen LogP contribution in [0.1, 0.15) is 18.4 Å². The van der Waals surface area contributed by atoms with Crippen LogP contribution < -0.4 is 11.1 Å². The van der Waals surface area contributed by atoms with Crippen LogP contribution >= 0.6 is 12.2 Å². The van der Waals surface area contributed by atoms with Crippen LogP contribution in [0, 0.1) is 0 Å². The second kappa shape index (κ2) is 7.78. The van der Waals surface area contributed by atoms with Crippen LogP contribution in [0.15, 0.2) is 60.7 Å². The van der Waals surface area contributed by atoms with Gasteiger partial charge in [0.15, 0.2) is 0 Å². The zero-order valence-corrected chi connectivity index (χ0v) is 12.3. The molecule has 3 N–H and O–H groups in total. The fourth-order valence-corrected chi connectivity index (χ4v) is 2.29. The van der Waals surface area contributed by atoms with E-state index in [9.17, 15) is 0 Å². The van der Waals surface area contributed by atoms with E-state index >= 15 is 0 Å². The molecule has 0 spiro atoms. The Morgan fingerprint density at radius 3 is 2.25 bits per heavy atom. The first-order valence-corrected chi connectivity index (χ1v) is 7.32. The number of nitrogens with one attached hydrogen (secondary N) is 1. The summed E-state index contributed by atoms with van der Waals surface area (Å²) in [5.74, 6) is 0. The van der Waals surface area contributed by atoms with Crippen LogP contribution in [0.4, 0.5) is 5.69 Å². The minimum absolute atomic E-state index is 0.0890. The van der Waals surface area contributed by atoms with E-state index in [1.165, 1.54) is 5.56 Å². The molecule has 2 aromatic carbocycles. The van der Waals surface area contributed by atoms with Gasteiger partial charge in [0.05, 0.1) is 11.0 Å². The lowest BCUT2D eigenvalue weighted by atomic mass is 10.1. The molecule has 0 aliphatic carbocycles. The number of thiocarbonyl (C=S) groups is 1. The lowest BCUT2D eigenvalue weighted by molar-refractivity contribution is 0.692. The van der Waals surface area contributed by atoms with Crippen LogP contribution in [0.5, 0.6) is 0 Å². The van der Waals surface area contributed by atoms with Crippen molar-refractivity contribution in [2.45, 2.75) is 25.3 Å². The molecular weight excluding hydrogens is 264 g/mol. The Labute approximate surface area is 126 Å². The Balaban J connectivity index is 1.74. The van der Waals surface area contributed by atoms with Gasteiger partial charge in [-0.1, -0.05) is 60.7 Å². The second-order valence-electron chi connectivity index (χ2n) is 4.84. The lowest BCUT2D eigenvalue weighted by Crippen LogP contribution is -2.34. The topological polar surface area (TPSA) is 38.0 Å². The molecule has 2 rings (SSSR count). The Kier molecular flexibility index (Phi) is 5.71. The van der Waals surface area contributed by atoms with Crippen molar-refractivity contribution in [3.8, 4) is 0 Å². The zero-order valence-electron chi connectivity index (χ0n) is 11.5. The Morgan fingerprint density at radius 2 is 1.60 bits per heavy atom. The molecule has 0 saturated carbocycles. The average Bonchev–Trinajstić information content (AvgIpc) is 2.49. The zero-order chi connectivity index (χ0) is 14.2. The van der Waals surface area contributed by atoms with Crippen molar-refractivity contribution in [2.24, 2.45) is 5.73 Å². The Hall–Kier alpha value is -1.71. The maximum atomic E-state index is 6.13. The Bertz CT molecular complexity index is 525. The van der Waals surface area contributed by atoms with Crippen molar-refractivity contribution < 1.29 is 0 Å². The summed E-state index contributed by atoms with van der Waals surface area (Å²) in [7, 11) is 0. The van der Waals surface area contributed by atoms with E-state index < -0.39 is 0 Å². The van der Waals surface area contributed by atoms with Crippen LogP contribution in [0.25, 0.3) is 0 Å². The molecule has 0 aromatic heterocycles. The number of nitrogens with two attached hydrogens (primary N) is 1. The van der Waals surface area contributed by atoms with Crippen LogP contribution in [-0.4, -0.2) is 11.0 Å². The van der Waals surface area contributed by atoms with Gasteiger partial charge in [0.25, 0.3) is 0 Å². The summed E-state index contributed by atoms with van der Waals surface area (Å²) in [6, 6.07) is 20.3. The minimum Gasteiger partial charge on any atom is -0.349 e. The van der Waals surface area contributed by atoms with E-state index in [4.69, 9.17) is 18.0 Å². The summed E-state index contributed by atoms with van der Waals surface area (Å²) in [6.07, 6.45) is 2.98. The van der Waals surface area contributed by atoms with E-state index in [-0.39, 0.29) is 6.04 Å². The number of rotatable bonds is 6. The highest BCUT2D eigenvalue weighted by Gasteiger charge is 2.09. The minimum atomic E-state index is -0.0890. The molecule has 0 fully saturated rings. The average molecular weight is 284 g/mol. The van der Waals surface area contributed by atoms with E-state index in [1.807, 2.05) is 36.4 Å². The molecule has 0 bridgehead atoms. The molecule has 1 atom stereocenters. The summed E-state index contributed by atoms with van der Waals surface area (Å²) in [5.41, 5.74) is 8.47. The highest BCUT2D eigenvalue weighted by atomic mass is 32.1. The number of aryl methyl sites for hydroxylation is 1. The molecule has 0 aliphatic rings. The van der Waals surface area contributed by atoms with Gasteiger partial charge in [-0.2, -0.15) is 0 Å². The maximum Gasteiger partial charge on any atom is 0.0967 e. The summed E-state index contributed by atoms with van der Waals surface area (Å²) >= 11 is 5.35.